The Labute approximate surface area is 132 Å². The molecule has 1 aromatic rings. The molecule has 120 valence electrons. The Morgan fingerprint density at radius 3 is 2.73 bits per heavy atom. The van der Waals surface area contributed by atoms with Crippen molar-refractivity contribution < 1.29 is 9.53 Å². The summed E-state index contributed by atoms with van der Waals surface area (Å²) in [5, 5.41) is 0. The van der Waals surface area contributed by atoms with E-state index in [0.29, 0.717) is 18.6 Å². The number of amides is 1. The van der Waals surface area contributed by atoms with Gasteiger partial charge in [0.15, 0.2) is 0 Å². The smallest absolute Gasteiger partial charge is 0.222 e. The second-order valence-electron chi connectivity index (χ2n) is 6.16. The molecule has 0 aromatic carbocycles. The van der Waals surface area contributed by atoms with E-state index in [9.17, 15) is 4.79 Å². The van der Waals surface area contributed by atoms with E-state index < -0.39 is 0 Å². The molecule has 0 N–H and O–H groups in total. The first-order valence-corrected chi connectivity index (χ1v) is 8.33. The standard InChI is InChI=1S/C17H25N3O2/c21-17-5-3-9-20(17)13-12-19-10-6-16(7-11-19)22-14-15-4-1-2-8-18-15/h1-2,4,8,16H,3,5-7,9-14H2. The van der Waals surface area contributed by atoms with Crippen LogP contribution < -0.4 is 0 Å². The van der Waals surface area contributed by atoms with Gasteiger partial charge in [0.2, 0.25) is 5.91 Å². The number of carbonyl (C=O) groups excluding carboxylic acids is 1. The van der Waals surface area contributed by atoms with Gasteiger partial charge in [0.25, 0.3) is 0 Å². The second-order valence-corrected chi connectivity index (χ2v) is 6.16. The highest BCUT2D eigenvalue weighted by atomic mass is 16.5. The predicted molar refractivity (Wildman–Crippen MR) is 84.3 cm³/mol. The van der Waals surface area contributed by atoms with Crippen LogP contribution in [0.5, 0.6) is 0 Å². The lowest BCUT2D eigenvalue weighted by Gasteiger charge is -2.32. The molecule has 2 aliphatic rings. The van der Waals surface area contributed by atoms with E-state index >= 15 is 0 Å². The van der Waals surface area contributed by atoms with Crippen LogP contribution in [0.15, 0.2) is 24.4 Å². The van der Waals surface area contributed by atoms with E-state index in [1.54, 1.807) is 6.20 Å². The fourth-order valence-electron chi connectivity index (χ4n) is 3.19. The molecule has 5 nitrogen and oxygen atoms in total. The third-order valence-electron chi connectivity index (χ3n) is 4.59. The van der Waals surface area contributed by atoms with Crippen LogP contribution >= 0.6 is 0 Å². The van der Waals surface area contributed by atoms with Gasteiger partial charge in [0, 0.05) is 45.3 Å². The third-order valence-corrected chi connectivity index (χ3v) is 4.59. The number of carbonyl (C=O) groups is 1. The molecule has 22 heavy (non-hydrogen) atoms. The number of rotatable bonds is 6. The number of pyridine rings is 1. The summed E-state index contributed by atoms with van der Waals surface area (Å²) >= 11 is 0. The Morgan fingerprint density at radius 1 is 1.18 bits per heavy atom. The van der Waals surface area contributed by atoms with Crippen molar-refractivity contribution in [3.05, 3.63) is 30.1 Å². The highest BCUT2D eigenvalue weighted by molar-refractivity contribution is 5.78. The van der Waals surface area contributed by atoms with Crippen molar-refractivity contribution in [3.63, 3.8) is 0 Å². The molecule has 3 heterocycles. The maximum atomic E-state index is 11.6. The Bertz CT molecular complexity index is 472. The van der Waals surface area contributed by atoms with Crippen molar-refractivity contribution in [2.24, 2.45) is 0 Å². The summed E-state index contributed by atoms with van der Waals surface area (Å²) in [7, 11) is 0. The SMILES string of the molecule is O=C1CCCN1CCN1CCC(OCc2ccccn2)CC1. The number of nitrogens with zero attached hydrogens (tertiary/aromatic N) is 3. The van der Waals surface area contributed by atoms with Gasteiger partial charge in [-0.25, -0.2) is 0 Å². The molecule has 0 bridgehead atoms. The van der Waals surface area contributed by atoms with Gasteiger partial charge >= 0.3 is 0 Å². The first-order chi connectivity index (χ1) is 10.8. The second kappa shape index (κ2) is 7.70. The van der Waals surface area contributed by atoms with Crippen LogP contribution in [0.3, 0.4) is 0 Å². The normalized spacial score (nSPS) is 20.7. The van der Waals surface area contributed by atoms with Crippen LogP contribution in [0.25, 0.3) is 0 Å². The average Bonchev–Trinajstić information content (AvgIpc) is 2.98. The molecule has 1 aromatic heterocycles. The number of piperidine rings is 1. The largest absolute Gasteiger partial charge is 0.372 e. The fourth-order valence-corrected chi connectivity index (χ4v) is 3.19. The van der Waals surface area contributed by atoms with E-state index in [1.807, 2.05) is 23.1 Å². The van der Waals surface area contributed by atoms with Gasteiger partial charge in [-0.3, -0.25) is 9.78 Å². The van der Waals surface area contributed by atoms with E-state index in [2.05, 4.69) is 9.88 Å². The number of aromatic nitrogens is 1. The van der Waals surface area contributed by atoms with Crippen LogP contribution in [0.1, 0.15) is 31.4 Å². The molecule has 2 fully saturated rings. The zero-order chi connectivity index (χ0) is 15.2. The third kappa shape index (κ3) is 4.27. The van der Waals surface area contributed by atoms with Gasteiger partial charge in [-0.15, -0.1) is 0 Å². The van der Waals surface area contributed by atoms with Crippen molar-refractivity contribution in [1.29, 1.82) is 0 Å². The summed E-state index contributed by atoms with van der Waals surface area (Å²) in [6, 6.07) is 5.92. The molecular formula is C17H25N3O2. The molecule has 0 aliphatic carbocycles. The molecule has 2 aliphatic heterocycles. The molecule has 1 amide bonds. The highest BCUT2D eigenvalue weighted by Gasteiger charge is 2.23. The van der Waals surface area contributed by atoms with Crippen molar-refractivity contribution >= 4 is 5.91 Å². The molecule has 0 saturated carbocycles. The van der Waals surface area contributed by atoms with Crippen LogP contribution in [0, 0.1) is 0 Å². The zero-order valence-corrected chi connectivity index (χ0v) is 13.1. The Balaban J connectivity index is 1.33. The summed E-state index contributed by atoms with van der Waals surface area (Å²) in [6.45, 7) is 5.57. The first kappa shape index (κ1) is 15.4. The molecule has 2 saturated heterocycles. The number of ether oxygens (including phenoxy) is 1. The summed E-state index contributed by atoms with van der Waals surface area (Å²) < 4.78 is 5.96. The Morgan fingerprint density at radius 2 is 2.05 bits per heavy atom. The molecule has 0 unspecified atom stereocenters. The molecule has 0 atom stereocenters. The van der Waals surface area contributed by atoms with Crippen molar-refractivity contribution in [2.75, 3.05) is 32.7 Å². The summed E-state index contributed by atoms with van der Waals surface area (Å²) in [6.07, 6.45) is 6.06. The first-order valence-electron chi connectivity index (χ1n) is 8.33. The molecular weight excluding hydrogens is 278 g/mol. The number of hydrogen-bond donors (Lipinski definition) is 0. The van der Waals surface area contributed by atoms with Gasteiger partial charge in [0.05, 0.1) is 18.4 Å². The van der Waals surface area contributed by atoms with Crippen LogP contribution in [0.2, 0.25) is 0 Å². The Kier molecular flexibility index (Phi) is 5.40. The lowest BCUT2D eigenvalue weighted by Crippen LogP contribution is -2.41. The molecule has 5 heteroatoms. The van der Waals surface area contributed by atoms with Crippen molar-refractivity contribution in [2.45, 2.75) is 38.4 Å². The average molecular weight is 303 g/mol. The minimum Gasteiger partial charge on any atom is -0.372 e. The van der Waals surface area contributed by atoms with Crippen molar-refractivity contribution in [3.8, 4) is 0 Å². The molecule has 0 radical (unpaired) electrons. The van der Waals surface area contributed by atoms with Gasteiger partial charge in [-0.05, 0) is 31.4 Å². The van der Waals surface area contributed by atoms with Gasteiger partial charge in [-0.2, -0.15) is 0 Å². The minimum atomic E-state index is 0.327. The maximum Gasteiger partial charge on any atom is 0.222 e. The van der Waals surface area contributed by atoms with Crippen LogP contribution in [0.4, 0.5) is 0 Å². The van der Waals surface area contributed by atoms with E-state index in [4.69, 9.17) is 4.74 Å². The quantitative estimate of drug-likeness (QED) is 0.802. The fraction of sp³-hybridized carbons (Fsp3) is 0.647. The topological polar surface area (TPSA) is 45.7 Å². The van der Waals surface area contributed by atoms with Gasteiger partial charge < -0.3 is 14.5 Å². The van der Waals surface area contributed by atoms with E-state index in [-0.39, 0.29) is 0 Å². The van der Waals surface area contributed by atoms with Gasteiger partial charge in [0.1, 0.15) is 0 Å². The van der Waals surface area contributed by atoms with Gasteiger partial charge in [-0.1, -0.05) is 6.07 Å². The minimum absolute atomic E-state index is 0.327. The van der Waals surface area contributed by atoms with Crippen LogP contribution in [-0.4, -0.2) is 59.5 Å². The molecule has 0 spiro atoms. The monoisotopic (exact) mass is 303 g/mol. The lowest BCUT2D eigenvalue weighted by atomic mass is 10.1. The predicted octanol–water partition coefficient (Wildman–Crippen LogP) is 1.68. The Hall–Kier alpha value is -1.46. The maximum absolute atomic E-state index is 11.6. The highest BCUT2D eigenvalue weighted by Crippen LogP contribution is 2.16. The number of hydrogen-bond acceptors (Lipinski definition) is 4. The van der Waals surface area contributed by atoms with E-state index in [1.165, 1.54) is 0 Å². The summed E-state index contributed by atoms with van der Waals surface area (Å²) in [5.41, 5.74) is 0.998. The van der Waals surface area contributed by atoms with Crippen molar-refractivity contribution in [1.82, 2.24) is 14.8 Å². The lowest BCUT2D eigenvalue weighted by molar-refractivity contribution is -0.127. The number of likely N-dealkylation sites (tertiary alicyclic amines) is 2. The zero-order valence-electron chi connectivity index (χ0n) is 13.1. The molecule has 3 rings (SSSR count). The summed E-state index contributed by atoms with van der Waals surface area (Å²) in [5.74, 6) is 0.327. The van der Waals surface area contributed by atoms with Crippen LogP contribution in [-0.2, 0) is 16.1 Å². The summed E-state index contributed by atoms with van der Waals surface area (Å²) in [4.78, 5) is 20.3. The van der Waals surface area contributed by atoms with E-state index in [0.717, 1.165) is 64.1 Å².